The van der Waals surface area contributed by atoms with Crippen LogP contribution < -0.4 is 10.1 Å². The molecule has 0 saturated heterocycles. The van der Waals surface area contributed by atoms with Gasteiger partial charge < -0.3 is 15.2 Å². The molecule has 0 spiro atoms. The topological polar surface area (TPSA) is 102 Å². The standard InChI is InChI=1S/C22H27N7O2/c1-22(2,30)15-4-6-16(7-5-15)25-20-26-19(31-3)18-17(8-10-29(18)27-20)14-12-24-21-23-9-11-28(21)13-14/h8-13,15-16,30H,4-7H2,1-3H3,(H,25,27)/t15-,16-/i3D3. The summed E-state index contributed by atoms with van der Waals surface area (Å²) in [5.41, 5.74) is 1.18. The van der Waals surface area contributed by atoms with Gasteiger partial charge in [-0.1, -0.05) is 0 Å². The van der Waals surface area contributed by atoms with Crippen LogP contribution in [0.5, 0.6) is 5.88 Å². The van der Waals surface area contributed by atoms with E-state index in [1.807, 2.05) is 26.1 Å². The van der Waals surface area contributed by atoms with E-state index >= 15 is 0 Å². The van der Waals surface area contributed by atoms with Gasteiger partial charge in [0.1, 0.15) is 5.52 Å². The van der Waals surface area contributed by atoms with Gasteiger partial charge in [-0.15, -0.1) is 5.10 Å². The monoisotopic (exact) mass is 424 g/mol. The summed E-state index contributed by atoms with van der Waals surface area (Å²) in [5.74, 6) is 1.07. The van der Waals surface area contributed by atoms with E-state index in [0.717, 1.165) is 31.2 Å². The Bertz CT molecular complexity index is 1320. The number of nitrogens with zero attached hydrogens (tertiary/aromatic N) is 6. The Hall–Kier alpha value is -3.20. The normalized spacial score (nSPS) is 21.6. The van der Waals surface area contributed by atoms with E-state index in [-0.39, 0.29) is 17.8 Å². The third-order valence-electron chi connectivity index (χ3n) is 6.19. The van der Waals surface area contributed by atoms with Crippen LogP contribution in [-0.4, -0.2) is 52.8 Å². The van der Waals surface area contributed by atoms with Crippen molar-refractivity contribution < 1.29 is 14.0 Å². The van der Waals surface area contributed by atoms with Gasteiger partial charge in [-0.3, -0.25) is 4.40 Å². The first-order chi connectivity index (χ1) is 16.1. The van der Waals surface area contributed by atoms with Gasteiger partial charge in [0, 0.05) is 48.2 Å². The number of hydrogen-bond donors (Lipinski definition) is 2. The predicted molar refractivity (Wildman–Crippen MR) is 117 cm³/mol. The molecule has 5 rings (SSSR count). The van der Waals surface area contributed by atoms with Crippen molar-refractivity contribution in [2.24, 2.45) is 5.92 Å². The molecule has 31 heavy (non-hydrogen) atoms. The fraction of sp³-hybridized carbons (Fsp3) is 0.455. The molecule has 9 nitrogen and oxygen atoms in total. The highest BCUT2D eigenvalue weighted by Gasteiger charge is 2.31. The Kier molecular flexibility index (Phi) is 3.98. The van der Waals surface area contributed by atoms with Crippen LogP contribution in [0.4, 0.5) is 5.95 Å². The van der Waals surface area contributed by atoms with Crippen molar-refractivity contribution in [3.05, 3.63) is 37.1 Å². The molecule has 1 fully saturated rings. The van der Waals surface area contributed by atoms with Crippen molar-refractivity contribution in [1.82, 2.24) is 29.0 Å². The quantitative estimate of drug-likeness (QED) is 0.507. The second-order valence-corrected chi connectivity index (χ2v) is 8.69. The minimum Gasteiger partial charge on any atom is -0.479 e. The molecule has 4 aromatic rings. The molecule has 9 heteroatoms. The average molecular weight is 425 g/mol. The number of rotatable bonds is 5. The highest BCUT2D eigenvalue weighted by atomic mass is 16.5. The van der Waals surface area contributed by atoms with Gasteiger partial charge in [0.25, 0.3) is 0 Å². The number of nitrogens with one attached hydrogen (secondary N) is 1. The van der Waals surface area contributed by atoms with Crippen molar-refractivity contribution in [3.63, 3.8) is 0 Å². The number of fused-ring (bicyclic) bond motifs is 2. The predicted octanol–water partition coefficient (Wildman–Crippen LogP) is 3.19. The Balaban J connectivity index is 1.48. The second kappa shape index (κ2) is 7.49. The molecular formula is C22H27N7O2. The maximum absolute atomic E-state index is 10.3. The van der Waals surface area contributed by atoms with Crippen LogP contribution >= 0.6 is 0 Å². The lowest BCUT2D eigenvalue weighted by atomic mass is 9.77. The summed E-state index contributed by atoms with van der Waals surface area (Å²) in [6.45, 7) is 3.70. The number of imidazole rings is 1. The fourth-order valence-corrected chi connectivity index (χ4v) is 4.44. The van der Waals surface area contributed by atoms with Crippen LogP contribution in [0, 0.1) is 5.92 Å². The number of aromatic nitrogens is 6. The first kappa shape index (κ1) is 16.5. The number of anilines is 1. The Morgan fingerprint density at radius 1 is 1.23 bits per heavy atom. The van der Waals surface area contributed by atoms with Crippen molar-refractivity contribution >= 4 is 17.2 Å². The molecule has 162 valence electrons. The Morgan fingerprint density at radius 3 is 2.84 bits per heavy atom. The third kappa shape index (κ3) is 3.69. The van der Waals surface area contributed by atoms with E-state index in [1.165, 1.54) is 0 Å². The van der Waals surface area contributed by atoms with Gasteiger partial charge in [0.05, 0.1) is 16.8 Å². The van der Waals surface area contributed by atoms with Gasteiger partial charge in [0.2, 0.25) is 17.6 Å². The summed E-state index contributed by atoms with van der Waals surface area (Å²) in [7, 11) is -2.68. The van der Waals surface area contributed by atoms with E-state index < -0.39 is 12.6 Å². The molecule has 4 heterocycles. The van der Waals surface area contributed by atoms with Crippen molar-refractivity contribution in [2.75, 3.05) is 12.4 Å². The number of ether oxygens (including phenoxy) is 1. The molecule has 0 aliphatic heterocycles. The molecule has 0 aromatic carbocycles. The highest BCUT2D eigenvalue weighted by Crippen LogP contribution is 2.34. The van der Waals surface area contributed by atoms with Crippen LogP contribution in [0.1, 0.15) is 43.6 Å². The molecule has 1 saturated carbocycles. The summed E-state index contributed by atoms with van der Waals surface area (Å²) in [4.78, 5) is 12.9. The maximum Gasteiger partial charge on any atom is 0.244 e. The number of hydrogen-bond acceptors (Lipinski definition) is 7. The molecule has 2 N–H and O–H groups in total. The molecule has 4 aromatic heterocycles. The van der Waals surface area contributed by atoms with Gasteiger partial charge in [-0.2, -0.15) is 4.98 Å². The van der Waals surface area contributed by atoms with E-state index in [0.29, 0.717) is 22.8 Å². The van der Waals surface area contributed by atoms with Gasteiger partial charge >= 0.3 is 0 Å². The van der Waals surface area contributed by atoms with Crippen LogP contribution in [0.3, 0.4) is 0 Å². The summed E-state index contributed by atoms with van der Waals surface area (Å²) in [5, 5.41) is 18.2. The SMILES string of the molecule is [2H]C([2H])([2H])Oc1nc(N[C@H]2CC[C@H](C(C)(C)O)CC2)nn2ccc(-c3cnc4nccn4c3)c12. The van der Waals surface area contributed by atoms with Crippen LogP contribution in [0.15, 0.2) is 37.1 Å². The smallest absolute Gasteiger partial charge is 0.244 e. The molecule has 0 bridgehead atoms. The zero-order valence-electron chi connectivity index (χ0n) is 20.5. The second-order valence-electron chi connectivity index (χ2n) is 8.69. The molecule has 0 unspecified atom stereocenters. The molecular weight excluding hydrogens is 394 g/mol. The maximum atomic E-state index is 10.3. The zero-order chi connectivity index (χ0) is 24.1. The molecule has 0 radical (unpaired) electrons. The Morgan fingerprint density at radius 2 is 2.06 bits per heavy atom. The Labute approximate surface area is 184 Å². The first-order valence-corrected chi connectivity index (χ1v) is 10.4. The van der Waals surface area contributed by atoms with Gasteiger partial charge in [-0.05, 0) is 51.5 Å². The lowest BCUT2D eigenvalue weighted by Gasteiger charge is -2.36. The molecule has 0 amide bonds. The third-order valence-corrected chi connectivity index (χ3v) is 6.19. The summed E-state index contributed by atoms with van der Waals surface area (Å²) >= 11 is 0. The summed E-state index contributed by atoms with van der Waals surface area (Å²) in [6.07, 6.45) is 12.2. The number of aliphatic hydroxyl groups is 1. The highest BCUT2D eigenvalue weighted by molar-refractivity contribution is 5.84. The van der Waals surface area contributed by atoms with Gasteiger partial charge in [0.15, 0.2) is 0 Å². The fourth-order valence-electron chi connectivity index (χ4n) is 4.44. The van der Waals surface area contributed by atoms with E-state index in [2.05, 4.69) is 25.4 Å². The summed E-state index contributed by atoms with van der Waals surface area (Å²) in [6, 6.07) is 1.95. The van der Waals surface area contributed by atoms with Crippen molar-refractivity contribution in [2.45, 2.75) is 51.2 Å². The molecule has 0 atom stereocenters. The average Bonchev–Trinajstić information content (AvgIpc) is 3.38. The van der Waals surface area contributed by atoms with E-state index in [4.69, 9.17) is 8.85 Å². The minimum atomic E-state index is -2.68. The minimum absolute atomic E-state index is 0.0339. The lowest BCUT2D eigenvalue weighted by Crippen LogP contribution is -2.37. The first-order valence-electron chi connectivity index (χ1n) is 11.9. The van der Waals surface area contributed by atoms with Crippen LogP contribution in [-0.2, 0) is 0 Å². The van der Waals surface area contributed by atoms with Crippen molar-refractivity contribution in [3.8, 4) is 17.0 Å². The number of methoxy groups -OCH3 is 1. The van der Waals surface area contributed by atoms with E-state index in [9.17, 15) is 5.11 Å². The molecule has 1 aliphatic rings. The largest absolute Gasteiger partial charge is 0.479 e. The lowest BCUT2D eigenvalue weighted by molar-refractivity contribution is -0.000418. The van der Waals surface area contributed by atoms with Crippen molar-refractivity contribution in [1.29, 1.82) is 0 Å². The zero-order valence-corrected chi connectivity index (χ0v) is 17.5. The van der Waals surface area contributed by atoms with E-state index in [1.54, 1.807) is 33.7 Å². The molecule has 1 aliphatic carbocycles. The summed E-state index contributed by atoms with van der Waals surface area (Å²) < 4.78 is 31.6. The van der Waals surface area contributed by atoms with Crippen LogP contribution in [0.25, 0.3) is 22.4 Å². The van der Waals surface area contributed by atoms with Gasteiger partial charge in [-0.25, -0.2) is 14.5 Å². The van der Waals surface area contributed by atoms with Crippen LogP contribution in [0.2, 0.25) is 0 Å².